The second-order valence-electron chi connectivity index (χ2n) is 5.50. The Bertz CT molecular complexity index is 1100. The monoisotopic (exact) mass is 392 g/mol. The molecule has 5 nitrogen and oxygen atoms in total. The number of methoxy groups -OCH3 is 1. The Morgan fingerprint density at radius 2 is 1.93 bits per heavy atom. The molecule has 0 radical (unpaired) electrons. The Morgan fingerprint density at radius 1 is 1.04 bits per heavy atom. The Balaban J connectivity index is 1.79. The first-order valence-electron chi connectivity index (χ1n) is 8.22. The van der Waals surface area contributed by atoms with E-state index in [-0.39, 0.29) is 0 Å². The summed E-state index contributed by atoms with van der Waals surface area (Å²) >= 11 is 3.23. The Hall–Kier alpha value is -3.03. The minimum Gasteiger partial charge on any atom is -0.497 e. The van der Waals surface area contributed by atoms with Crippen LogP contribution in [0.3, 0.4) is 0 Å². The van der Waals surface area contributed by atoms with Gasteiger partial charge in [-0.2, -0.15) is 5.10 Å². The van der Waals surface area contributed by atoms with Gasteiger partial charge in [0, 0.05) is 11.6 Å². The van der Waals surface area contributed by atoms with Crippen LogP contribution in [0.1, 0.15) is 5.69 Å². The molecule has 0 saturated carbocycles. The van der Waals surface area contributed by atoms with Gasteiger partial charge in [0.25, 0.3) is 0 Å². The van der Waals surface area contributed by atoms with Gasteiger partial charge in [0.1, 0.15) is 5.75 Å². The number of hydrogen-bond acceptors (Lipinski definition) is 6. The fourth-order valence-electron chi connectivity index (χ4n) is 2.42. The van der Waals surface area contributed by atoms with Crippen LogP contribution in [0.5, 0.6) is 5.75 Å². The first-order chi connectivity index (χ1) is 13.3. The molecule has 0 unspecified atom stereocenters. The summed E-state index contributed by atoms with van der Waals surface area (Å²) in [5.74, 6) is 0.806. The molecule has 0 amide bonds. The largest absolute Gasteiger partial charge is 0.497 e. The molecule has 27 heavy (non-hydrogen) atoms. The molecule has 0 atom stereocenters. The highest BCUT2D eigenvalue weighted by molar-refractivity contribution is 7.14. The quantitative estimate of drug-likeness (QED) is 0.458. The SMILES string of the molecule is COc1ccc(N=c2scc(-c3cccs3)n2N=Cc2ccccn2)cc1. The van der Waals surface area contributed by atoms with Crippen molar-refractivity contribution in [1.29, 1.82) is 0 Å². The van der Waals surface area contributed by atoms with Crippen molar-refractivity contribution in [3.05, 3.63) is 82.0 Å². The van der Waals surface area contributed by atoms with Crippen LogP contribution < -0.4 is 9.54 Å². The molecule has 4 aromatic rings. The summed E-state index contributed by atoms with van der Waals surface area (Å²) in [6.07, 6.45) is 3.50. The summed E-state index contributed by atoms with van der Waals surface area (Å²) < 4.78 is 7.07. The number of rotatable bonds is 5. The van der Waals surface area contributed by atoms with Gasteiger partial charge >= 0.3 is 0 Å². The Morgan fingerprint density at radius 3 is 2.63 bits per heavy atom. The van der Waals surface area contributed by atoms with E-state index < -0.39 is 0 Å². The Labute approximate surface area is 164 Å². The van der Waals surface area contributed by atoms with Crippen LogP contribution in [-0.2, 0) is 0 Å². The van der Waals surface area contributed by atoms with Crippen LogP contribution in [0.15, 0.2) is 81.6 Å². The summed E-state index contributed by atoms with van der Waals surface area (Å²) in [6.45, 7) is 0. The highest BCUT2D eigenvalue weighted by atomic mass is 32.1. The first-order valence-corrected chi connectivity index (χ1v) is 9.98. The first kappa shape index (κ1) is 17.4. The summed E-state index contributed by atoms with van der Waals surface area (Å²) in [5, 5.41) is 8.78. The maximum Gasteiger partial charge on any atom is 0.211 e. The number of benzene rings is 1. The molecule has 0 aliphatic carbocycles. The molecule has 3 heterocycles. The predicted molar refractivity (Wildman–Crippen MR) is 111 cm³/mol. The molecule has 0 spiro atoms. The smallest absolute Gasteiger partial charge is 0.211 e. The molecule has 0 aliphatic rings. The molecular formula is C20H16N4OS2. The maximum absolute atomic E-state index is 5.21. The van der Waals surface area contributed by atoms with E-state index in [4.69, 9.17) is 9.73 Å². The third-order valence-electron chi connectivity index (χ3n) is 3.75. The van der Waals surface area contributed by atoms with Crippen LogP contribution in [-0.4, -0.2) is 23.0 Å². The molecule has 7 heteroatoms. The fourth-order valence-corrected chi connectivity index (χ4v) is 4.07. The van der Waals surface area contributed by atoms with E-state index in [1.165, 1.54) is 0 Å². The molecule has 4 rings (SSSR count). The number of aromatic nitrogens is 2. The van der Waals surface area contributed by atoms with Crippen molar-refractivity contribution >= 4 is 34.6 Å². The van der Waals surface area contributed by atoms with E-state index in [9.17, 15) is 0 Å². The van der Waals surface area contributed by atoms with Crippen molar-refractivity contribution < 1.29 is 4.74 Å². The third-order valence-corrected chi connectivity index (χ3v) is 5.46. The zero-order valence-corrected chi connectivity index (χ0v) is 16.2. The van der Waals surface area contributed by atoms with E-state index >= 15 is 0 Å². The molecule has 0 saturated heterocycles. The van der Waals surface area contributed by atoms with E-state index in [0.29, 0.717) is 0 Å². The topological polar surface area (TPSA) is 51.8 Å². The van der Waals surface area contributed by atoms with E-state index in [1.807, 2.05) is 53.2 Å². The average molecular weight is 393 g/mol. The number of nitrogens with zero attached hydrogens (tertiary/aromatic N) is 4. The van der Waals surface area contributed by atoms with Gasteiger partial charge in [0.2, 0.25) is 4.80 Å². The molecule has 0 bridgehead atoms. The van der Waals surface area contributed by atoms with Crippen LogP contribution in [0.2, 0.25) is 0 Å². The molecule has 0 N–H and O–H groups in total. The predicted octanol–water partition coefficient (Wildman–Crippen LogP) is 4.80. The highest BCUT2D eigenvalue weighted by Crippen LogP contribution is 2.25. The van der Waals surface area contributed by atoms with Crippen LogP contribution in [0, 0.1) is 0 Å². The molecule has 134 valence electrons. The number of hydrogen-bond donors (Lipinski definition) is 0. The number of thiophene rings is 1. The minimum absolute atomic E-state index is 0.788. The second kappa shape index (κ2) is 8.11. The minimum atomic E-state index is 0.788. The van der Waals surface area contributed by atoms with Crippen molar-refractivity contribution in [2.45, 2.75) is 0 Å². The standard InChI is InChI=1S/C20H16N4OS2/c1-25-17-9-7-15(8-10-17)23-20-24(22-13-16-5-2-3-11-21-16)18(14-27-20)19-6-4-12-26-19/h2-14H,1H3. The molecule has 1 aromatic carbocycles. The second-order valence-corrected chi connectivity index (χ2v) is 7.29. The van der Waals surface area contributed by atoms with Crippen molar-refractivity contribution in [3.8, 4) is 16.3 Å². The van der Waals surface area contributed by atoms with Gasteiger partial charge < -0.3 is 4.74 Å². The van der Waals surface area contributed by atoms with Gasteiger partial charge in [-0.05, 0) is 47.8 Å². The lowest BCUT2D eigenvalue weighted by Gasteiger charge is -2.01. The summed E-state index contributed by atoms with van der Waals surface area (Å²) in [4.78, 5) is 11.0. The fraction of sp³-hybridized carbons (Fsp3) is 0.0500. The van der Waals surface area contributed by atoms with Crippen LogP contribution >= 0.6 is 22.7 Å². The van der Waals surface area contributed by atoms with Gasteiger partial charge in [-0.25, -0.2) is 9.67 Å². The highest BCUT2D eigenvalue weighted by Gasteiger charge is 2.08. The number of ether oxygens (including phenoxy) is 1. The van der Waals surface area contributed by atoms with Gasteiger partial charge in [-0.15, -0.1) is 22.7 Å². The summed E-state index contributed by atoms with van der Waals surface area (Å²) in [7, 11) is 1.65. The van der Waals surface area contributed by atoms with Gasteiger partial charge in [0.15, 0.2) is 0 Å². The third kappa shape index (κ3) is 4.05. The molecular weight excluding hydrogens is 376 g/mol. The summed E-state index contributed by atoms with van der Waals surface area (Å²) in [6, 6.07) is 17.5. The van der Waals surface area contributed by atoms with E-state index in [0.717, 1.165) is 32.5 Å². The lowest BCUT2D eigenvalue weighted by atomic mass is 10.3. The van der Waals surface area contributed by atoms with Crippen molar-refractivity contribution in [2.24, 2.45) is 10.1 Å². The lowest BCUT2D eigenvalue weighted by molar-refractivity contribution is 0.415. The van der Waals surface area contributed by atoms with Crippen LogP contribution in [0.25, 0.3) is 10.6 Å². The summed E-state index contributed by atoms with van der Waals surface area (Å²) in [5.41, 5.74) is 2.65. The maximum atomic E-state index is 5.21. The molecule has 0 aliphatic heterocycles. The van der Waals surface area contributed by atoms with E-state index in [2.05, 4.69) is 26.9 Å². The molecule has 0 fully saturated rings. The number of pyridine rings is 1. The van der Waals surface area contributed by atoms with Gasteiger partial charge in [0.05, 0.1) is 35.3 Å². The lowest BCUT2D eigenvalue weighted by Crippen LogP contribution is -2.11. The van der Waals surface area contributed by atoms with Crippen molar-refractivity contribution in [3.63, 3.8) is 0 Å². The van der Waals surface area contributed by atoms with E-state index in [1.54, 1.807) is 42.2 Å². The molecule has 3 aromatic heterocycles. The average Bonchev–Trinajstić information content (AvgIpc) is 3.38. The number of thiazole rings is 1. The van der Waals surface area contributed by atoms with Crippen LogP contribution in [0.4, 0.5) is 5.69 Å². The zero-order valence-electron chi connectivity index (χ0n) is 14.5. The Kier molecular flexibility index (Phi) is 5.22. The normalized spacial score (nSPS) is 12.0. The van der Waals surface area contributed by atoms with Crippen molar-refractivity contribution in [1.82, 2.24) is 9.66 Å². The van der Waals surface area contributed by atoms with Crippen molar-refractivity contribution in [2.75, 3.05) is 7.11 Å². The van der Waals surface area contributed by atoms with Gasteiger partial charge in [-0.3, -0.25) is 4.98 Å². The zero-order chi connectivity index (χ0) is 18.5. The van der Waals surface area contributed by atoms with Gasteiger partial charge in [-0.1, -0.05) is 12.1 Å².